The second-order valence-electron chi connectivity index (χ2n) is 7.31. The fraction of sp³-hybridized carbons (Fsp3) is 0.545. The van der Waals surface area contributed by atoms with Crippen LogP contribution in [0.15, 0.2) is 27.7 Å². The van der Waals surface area contributed by atoms with E-state index in [1.807, 2.05) is 27.7 Å². The molecule has 6 nitrogen and oxygen atoms in total. The fourth-order valence-electron chi connectivity index (χ4n) is 2.99. The van der Waals surface area contributed by atoms with Gasteiger partial charge in [0.05, 0.1) is 18.3 Å². The van der Waals surface area contributed by atoms with Gasteiger partial charge in [-0.1, -0.05) is 17.3 Å². The standard InChI is InChI=1S/C22H34N4O2.HI/c1-7-23-22(24-12-8-9-20-17(5)26-28-18(20)6)25-14-19-11-10-16(4)13-21(19)27-15(2)3;/h10-11,13,15H,7-9,12,14H2,1-6H3,(H2,23,24,25);1H. The molecule has 0 fully saturated rings. The zero-order valence-corrected chi connectivity index (χ0v) is 20.8. The van der Waals surface area contributed by atoms with Crippen LogP contribution in [0.3, 0.4) is 0 Å². The first-order chi connectivity index (χ1) is 13.4. The summed E-state index contributed by atoms with van der Waals surface area (Å²) in [5, 5.41) is 10.7. The lowest BCUT2D eigenvalue weighted by Gasteiger charge is -2.15. The molecule has 0 spiro atoms. The van der Waals surface area contributed by atoms with Crippen LogP contribution in [0.5, 0.6) is 5.75 Å². The maximum Gasteiger partial charge on any atom is 0.191 e. The number of benzene rings is 1. The number of halogens is 1. The molecule has 0 amide bonds. The van der Waals surface area contributed by atoms with Gasteiger partial charge in [0.25, 0.3) is 0 Å². The number of rotatable bonds is 9. The van der Waals surface area contributed by atoms with E-state index in [0.29, 0.717) is 6.54 Å². The monoisotopic (exact) mass is 514 g/mol. The van der Waals surface area contributed by atoms with E-state index in [1.165, 1.54) is 11.1 Å². The number of hydrogen-bond acceptors (Lipinski definition) is 4. The van der Waals surface area contributed by atoms with E-state index < -0.39 is 0 Å². The van der Waals surface area contributed by atoms with Crippen molar-refractivity contribution in [2.24, 2.45) is 4.99 Å². The Bertz CT molecular complexity index is 768. The lowest BCUT2D eigenvalue weighted by molar-refractivity contribution is 0.240. The van der Waals surface area contributed by atoms with Crippen molar-refractivity contribution in [1.82, 2.24) is 15.8 Å². The molecule has 0 unspecified atom stereocenters. The average molecular weight is 514 g/mol. The first-order valence-electron chi connectivity index (χ1n) is 10.1. The van der Waals surface area contributed by atoms with Crippen molar-refractivity contribution in [1.29, 1.82) is 0 Å². The minimum atomic E-state index is 0. The van der Waals surface area contributed by atoms with E-state index in [2.05, 4.69) is 47.8 Å². The molecule has 2 rings (SSSR count). The van der Waals surface area contributed by atoms with E-state index in [-0.39, 0.29) is 30.1 Å². The molecule has 0 aliphatic carbocycles. The van der Waals surface area contributed by atoms with Crippen molar-refractivity contribution in [2.45, 2.75) is 67.0 Å². The number of guanidine groups is 1. The quantitative estimate of drug-likeness (QED) is 0.220. The Labute approximate surface area is 191 Å². The number of nitrogens with one attached hydrogen (secondary N) is 2. The number of nitrogens with zero attached hydrogens (tertiary/aromatic N) is 2. The molecule has 29 heavy (non-hydrogen) atoms. The summed E-state index contributed by atoms with van der Waals surface area (Å²) in [5.74, 6) is 2.64. The highest BCUT2D eigenvalue weighted by Crippen LogP contribution is 2.22. The highest BCUT2D eigenvalue weighted by molar-refractivity contribution is 14.0. The van der Waals surface area contributed by atoms with Gasteiger partial charge in [0, 0.05) is 24.2 Å². The van der Waals surface area contributed by atoms with Crippen LogP contribution in [0, 0.1) is 20.8 Å². The van der Waals surface area contributed by atoms with Crippen molar-refractivity contribution in [3.63, 3.8) is 0 Å². The van der Waals surface area contributed by atoms with Crippen LogP contribution in [0.2, 0.25) is 0 Å². The van der Waals surface area contributed by atoms with E-state index in [1.54, 1.807) is 0 Å². The highest BCUT2D eigenvalue weighted by atomic mass is 127. The van der Waals surface area contributed by atoms with Crippen molar-refractivity contribution >= 4 is 29.9 Å². The molecule has 2 N–H and O–H groups in total. The van der Waals surface area contributed by atoms with Gasteiger partial charge in [-0.05, 0) is 66.0 Å². The number of aryl methyl sites for hydroxylation is 3. The smallest absolute Gasteiger partial charge is 0.191 e. The molecular formula is C22H35IN4O2. The molecule has 0 radical (unpaired) electrons. The summed E-state index contributed by atoms with van der Waals surface area (Å²) < 4.78 is 11.2. The van der Waals surface area contributed by atoms with Gasteiger partial charge < -0.3 is 19.9 Å². The Morgan fingerprint density at radius 3 is 2.59 bits per heavy atom. The summed E-state index contributed by atoms with van der Waals surface area (Å²) in [6, 6.07) is 6.27. The third kappa shape index (κ3) is 8.24. The Kier molecular flexibility index (Phi) is 11.1. The summed E-state index contributed by atoms with van der Waals surface area (Å²) in [7, 11) is 0. The summed E-state index contributed by atoms with van der Waals surface area (Å²) in [6.07, 6.45) is 2.07. The molecule has 0 aliphatic heterocycles. The third-order valence-electron chi connectivity index (χ3n) is 4.41. The third-order valence-corrected chi connectivity index (χ3v) is 4.41. The van der Waals surface area contributed by atoms with Gasteiger partial charge in [-0.25, -0.2) is 4.99 Å². The van der Waals surface area contributed by atoms with Crippen molar-refractivity contribution < 1.29 is 9.26 Å². The Balaban J connectivity index is 0.00000420. The van der Waals surface area contributed by atoms with Crippen LogP contribution in [-0.2, 0) is 13.0 Å². The van der Waals surface area contributed by atoms with Crippen LogP contribution >= 0.6 is 24.0 Å². The summed E-state index contributed by atoms with van der Waals surface area (Å²) in [6.45, 7) is 14.4. The normalized spacial score (nSPS) is 11.3. The predicted octanol–water partition coefficient (Wildman–Crippen LogP) is 4.69. The predicted molar refractivity (Wildman–Crippen MR) is 129 cm³/mol. The molecule has 0 atom stereocenters. The summed E-state index contributed by atoms with van der Waals surface area (Å²) in [4.78, 5) is 4.73. The zero-order valence-electron chi connectivity index (χ0n) is 18.5. The van der Waals surface area contributed by atoms with Gasteiger partial charge >= 0.3 is 0 Å². The highest BCUT2D eigenvalue weighted by Gasteiger charge is 2.09. The van der Waals surface area contributed by atoms with Crippen LogP contribution in [0.4, 0.5) is 0 Å². The molecule has 0 aliphatic rings. The molecule has 162 valence electrons. The first-order valence-corrected chi connectivity index (χ1v) is 10.1. The van der Waals surface area contributed by atoms with Crippen LogP contribution in [0.1, 0.15) is 55.3 Å². The van der Waals surface area contributed by atoms with Gasteiger partial charge in [0.15, 0.2) is 5.96 Å². The number of aromatic nitrogens is 1. The molecule has 0 bridgehead atoms. The SMILES string of the molecule is CCNC(=NCc1ccc(C)cc1OC(C)C)NCCCc1c(C)noc1C.I. The number of ether oxygens (including phenoxy) is 1. The molecule has 7 heteroatoms. The second kappa shape index (κ2) is 12.7. The van der Waals surface area contributed by atoms with Crippen LogP contribution in [0.25, 0.3) is 0 Å². The lowest BCUT2D eigenvalue weighted by atomic mass is 10.1. The van der Waals surface area contributed by atoms with Crippen molar-refractivity contribution in [2.75, 3.05) is 13.1 Å². The fourth-order valence-corrected chi connectivity index (χ4v) is 2.99. The topological polar surface area (TPSA) is 71.7 Å². The molecule has 0 saturated heterocycles. The van der Waals surface area contributed by atoms with Gasteiger partial charge in [-0.15, -0.1) is 24.0 Å². The van der Waals surface area contributed by atoms with Crippen LogP contribution < -0.4 is 15.4 Å². The Morgan fingerprint density at radius 2 is 1.97 bits per heavy atom. The van der Waals surface area contributed by atoms with E-state index in [4.69, 9.17) is 14.3 Å². The van der Waals surface area contributed by atoms with Crippen molar-refractivity contribution in [3.05, 3.63) is 46.3 Å². The molecule has 1 aromatic heterocycles. The van der Waals surface area contributed by atoms with Gasteiger partial charge in [-0.2, -0.15) is 0 Å². The largest absolute Gasteiger partial charge is 0.491 e. The van der Waals surface area contributed by atoms with Gasteiger partial charge in [-0.3, -0.25) is 0 Å². The first kappa shape index (κ1) is 25.3. The van der Waals surface area contributed by atoms with Crippen LogP contribution in [-0.4, -0.2) is 30.3 Å². The second-order valence-corrected chi connectivity index (χ2v) is 7.31. The van der Waals surface area contributed by atoms with E-state index >= 15 is 0 Å². The Morgan fingerprint density at radius 1 is 1.21 bits per heavy atom. The molecular weight excluding hydrogens is 479 g/mol. The number of aliphatic imine (C=N–C) groups is 1. The maximum atomic E-state index is 5.96. The molecule has 1 aromatic carbocycles. The molecule has 0 saturated carbocycles. The molecule has 1 heterocycles. The Hall–Kier alpha value is -1.77. The average Bonchev–Trinajstić information content (AvgIpc) is 2.95. The van der Waals surface area contributed by atoms with E-state index in [9.17, 15) is 0 Å². The zero-order chi connectivity index (χ0) is 20.5. The van der Waals surface area contributed by atoms with Crippen molar-refractivity contribution in [3.8, 4) is 5.75 Å². The van der Waals surface area contributed by atoms with Gasteiger partial charge in [0.2, 0.25) is 0 Å². The van der Waals surface area contributed by atoms with Gasteiger partial charge in [0.1, 0.15) is 11.5 Å². The maximum absolute atomic E-state index is 5.96. The number of hydrogen-bond donors (Lipinski definition) is 2. The van der Waals surface area contributed by atoms with E-state index in [0.717, 1.165) is 54.7 Å². The minimum absolute atomic E-state index is 0. The summed E-state index contributed by atoms with van der Waals surface area (Å²) in [5.41, 5.74) is 4.47. The molecule has 2 aromatic rings. The minimum Gasteiger partial charge on any atom is -0.491 e. The summed E-state index contributed by atoms with van der Waals surface area (Å²) >= 11 is 0. The lowest BCUT2D eigenvalue weighted by Crippen LogP contribution is -2.37.